The Labute approximate surface area is 104 Å². The van der Waals surface area contributed by atoms with Crippen LogP contribution in [0.1, 0.15) is 47.0 Å². The van der Waals surface area contributed by atoms with Crippen LogP contribution in [-0.2, 0) is 9.59 Å². The van der Waals surface area contributed by atoms with Gasteiger partial charge in [0.15, 0.2) is 0 Å². The predicted octanol–water partition coefficient (Wildman–Crippen LogP) is 1.55. The Morgan fingerprint density at radius 2 is 1.76 bits per heavy atom. The molecular formula is C13H24N2O2. The average Bonchev–Trinajstić information content (AvgIpc) is 2.15. The summed E-state index contributed by atoms with van der Waals surface area (Å²) < 4.78 is 0. The second-order valence-electron chi connectivity index (χ2n) is 6.04. The molecule has 0 aromatic rings. The fourth-order valence-corrected chi connectivity index (χ4v) is 1.97. The van der Waals surface area contributed by atoms with Crippen LogP contribution in [-0.4, -0.2) is 35.3 Å². The molecule has 0 bridgehead atoms. The average molecular weight is 240 g/mol. The Hall–Kier alpha value is -1.06. The highest BCUT2D eigenvalue weighted by Crippen LogP contribution is 2.16. The van der Waals surface area contributed by atoms with Crippen LogP contribution in [0.4, 0.5) is 0 Å². The van der Waals surface area contributed by atoms with Gasteiger partial charge in [-0.3, -0.25) is 9.59 Å². The predicted molar refractivity (Wildman–Crippen MR) is 67.5 cm³/mol. The zero-order chi connectivity index (χ0) is 13.1. The Morgan fingerprint density at radius 3 is 2.24 bits per heavy atom. The third kappa shape index (κ3) is 5.20. The molecule has 1 rings (SSSR count). The van der Waals surface area contributed by atoms with Gasteiger partial charge in [-0.05, 0) is 39.5 Å². The molecule has 1 saturated heterocycles. The Morgan fingerprint density at radius 1 is 1.24 bits per heavy atom. The van der Waals surface area contributed by atoms with Crippen LogP contribution in [0.2, 0.25) is 0 Å². The number of nitrogens with zero attached hydrogens (tertiary/aromatic N) is 1. The monoisotopic (exact) mass is 240 g/mol. The summed E-state index contributed by atoms with van der Waals surface area (Å²) in [6.45, 7) is 9.54. The number of rotatable bonds is 2. The number of piperidine rings is 1. The summed E-state index contributed by atoms with van der Waals surface area (Å²) in [5.74, 6) is 0.474. The highest BCUT2D eigenvalue weighted by atomic mass is 16.2. The largest absolute Gasteiger partial charge is 0.351 e. The van der Waals surface area contributed by atoms with Gasteiger partial charge in [-0.1, -0.05) is 6.92 Å². The smallest absolute Gasteiger partial charge is 0.232 e. The van der Waals surface area contributed by atoms with E-state index in [-0.39, 0.29) is 23.8 Å². The fraction of sp³-hybridized carbons (Fsp3) is 0.846. The molecule has 1 N–H and O–H groups in total. The van der Waals surface area contributed by atoms with E-state index in [4.69, 9.17) is 0 Å². The topological polar surface area (TPSA) is 49.4 Å². The maximum atomic E-state index is 11.9. The summed E-state index contributed by atoms with van der Waals surface area (Å²) in [5.41, 5.74) is -0.270. The van der Waals surface area contributed by atoms with Crippen molar-refractivity contribution in [2.24, 2.45) is 5.92 Å². The van der Waals surface area contributed by atoms with Gasteiger partial charge in [0.2, 0.25) is 11.8 Å². The van der Waals surface area contributed by atoms with Crippen LogP contribution >= 0.6 is 0 Å². The lowest BCUT2D eigenvalue weighted by atomic mass is 9.99. The van der Waals surface area contributed by atoms with E-state index in [0.717, 1.165) is 25.9 Å². The van der Waals surface area contributed by atoms with E-state index in [1.165, 1.54) is 0 Å². The molecule has 0 aromatic carbocycles. The third-order valence-corrected chi connectivity index (χ3v) is 2.96. The van der Waals surface area contributed by atoms with Gasteiger partial charge in [-0.15, -0.1) is 0 Å². The van der Waals surface area contributed by atoms with Gasteiger partial charge >= 0.3 is 0 Å². The van der Waals surface area contributed by atoms with Gasteiger partial charge < -0.3 is 10.2 Å². The Kier molecular flexibility index (Phi) is 4.54. The summed E-state index contributed by atoms with van der Waals surface area (Å²) in [6, 6.07) is 0. The van der Waals surface area contributed by atoms with Crippen molar-refractivity contribution in [3.63, 3.8) is 0 Å². The van der Waals surface area contributed by atoms with Crippen molar-refractivity contribution in [1.82, 2.24) is 10.2 Å². The van der Waals surface area contributed by atoms with Crippen LogP contribution in [0.25, 0.3) is 0 Å². The number of nitrogens with one attached hydrogen (secondary N) is 1. The minimum Gasteiger partial charge on any atom is -0.351 e. The van der Waals surface area contributed by atoms with Gasteiger partial charge in [0.25, 0.3) is 0 Å². The van der Waals surface area contributed by atoms with E-state index in [0.29, 0.717) is 5.92 Å². The van der Waals surface area contributed by atoms with Crippen LogP contribution in [0.3, 0.4) is 0 Å². The molecule has 17 heavy (non-hydrogen) atoms. The molecule has 0 aromatic heterocycles. The SMILES string of the molecule is CC1CCN(C(=O)CC(=O)NC(C)(C)C)CC1. The van der Waals surface area contributed by atoms with Gasteiger partial charge in [-0.2, -0.15) is 0 Å². The first-order valence-corrected chi connectivity index (χ1v) is 6.37. The van der Waals surface area contributed by atoms with Crippen LogP contribution in [0, 0.1) is 5.92 Å². The van der Waals surface area contributed by atoms with Crippen LogP contribution in [0.15, 0.2) is 0 Å². The molecule has 0 atom stereocenters. The number of hydrogen-bond donors (Lipinski definition) is 1. The molecule has 98 valence electrons. The molecular weight excluding hydrogens is 216 g/mol. The van der Waals surface area contributed by atoms with Crippen molar-refractivity contribution in [1.29, 1.82) is 0 Å². The zero-order valence-corrected chi connectivity index (χ0v) is 11.4. The second-order valence-corrected chi connectivity index (χ2v) is 6.04. The molecule has 2 amide bonds. The Balaban J connectivity index is 2.36. The minimum atomic E-state index is -0.270. The van der Waals surface area contributed by atoms with E-state index in [2.05, 4.69) is 12.2 Å². The van der Waals surface area contributed by atoms with Gasteiger partial charge in [0.05, 0.1) is 0 Å². The quantitative estimate of drug-likeness (QED) is 0.744. The first kappa shape index (κ1) is 14.0. The standard InChI is InChI=1S/C13H24N2O2/c1-10-5-7-15(8-6-10)12(17)9-11(16)14-13(2,3)4/h10H,5-9H2,1-4H3,(H,14,16). The summed E-state index contributed by atoms with van der Waals surface area (Å²) >= 11 is 0. The molecule has 0 spiro atoms. The summed E-state index contributed by atoms with van der Waals surface area (Å²) in [5, 5.41) is 2.81. The van der Waals surface area contributed by atoms with Crippen LogP contribution < -0.4 is 5.32 Å². The summed E-state index contributed by atoms with van der Waals surface area (Å²) in [6.07, 6.45) is 2.07. The zero-order valence-electron chi connectivity index (χ0n) is 11.4. The minimum absolute atomic E-state index is 0.0222. The molecule has 1 heterocycles. The fourth-order valence-electron chi connectivity index (χ4n) is 1.97. The number of carbonyl (C=O) groups is 2. The molecule has 1 fully saturated rings. The van der Waals surface area contributed by atoms with Gasteiger partial charge in [-0.25, -0.2) is 0 Å². The normalized spacial score (nSPS) is 18.0. The number of hydrogen-bond acceptors (Lipinski definition) is 2. The van der Waals surface area contributed by atoms with Crippen LogP contribution in [0.5, 0.6) is 0 Å². The van der Waals surface area contributed by atoms with E-state index in [1.54, 1.807) is 0 Å². The molecule has 4 heteroatoms. The molecule has 0 aliphatic carbocycles. The third-order valence-electron chi connectivity index (χ3n) is 2.96. The lowest BCUT2D eigenvalue weighted by Crippen LogP contribution is -2.44. The highest BCUT2D eigenvalue weighted by Gasteiger charge is 2.23. The van der Waals surface area contributed by atoms with Gasteiger partial charge in [0.1, 0.15) is 6.42 Å². The number of amides is 2. The van der Waals surface area contributed by atoms with E-state index >= 15 is 0 Å². The lowest BCUT2D eigenvalue weighted by molar-refractivity contribution is -0.137. The van der Waals surface area contributed by atoms with Crippen molar-refractivity contribution >= 4 is 11.8 Å². The molecule has 0 unspecified atom stereocenters. The Bertz CT molecular complexity index is 286. The second kappa shape index (κ2) is 5.52. The van der Waals surface area contributed by atoms with Crippen molar-refractivity contribution in [3.8, 4) is 0 Å². The van der Waals surface area contributed by atoms with E-state index in [1.807, 2.05) is 25.7 Å². The summed E-state index contributed by atoms with van der Waals surface area (Å²) in [7, 11) is 0. The maximum absolute atomic E-state index is 11.9. The van der Waals surface area contributed by atoms with Crippen molar-refractivity contribution in [2.75, 3.05) is 13.1 Å². The van der Waals surface area contributed by atoms with Gasteiger partial charge in [0, 0.05) is 18.6 Å². The van der Waals surface area contributed by atoms with Crippen molar-refractivity contribution in [3.05, 3.63) is 0 Å². The van der Waals surface area contributed by atoms with Crippen molar-refractivity contribution < 1.29 is 9.59 Å². The number of carbonyl (C=O) groups excluding carboxylic acids is 2. The molecule has 1 aliphatic heterocycles. The highest BCUT2D eigenvalue weighted by molar-refractivity contribution is 5.97. The first-order valence-electron chi connectivity index (χ1n) is 6.37. The molecule has 4 nitrogen and oxygen atoms in total. The van der Waals surface area contributed by atoms with E-state index < -0.39 is 0 Å². The van der Waals surface area contributed by atoms with E-state index in [9.17, 15) is 9.59 Å². The molecule has 1 aliphatic rings. The van der Waals surface area contributed by atoms with Crippen molar-refractivity contribution in [2.45, 2.75) is 52.5 Å². The maximum Gasteiger partial charge on any atom is 0.232 e. The summed E-state index contributed by atoms with van der Waals surface area (Å²) in [4.78, 5) is 25.3. The molecule has 0 radical (unpaired) electrons. The molecule has 0 saturated carbocycles. The first-order chi connectivity index (χ1) is 7.78. The lowest BCUT2D eigenvalue weighted by Gasteiger charge is -2.30. The number of likely N-dealkylation sites (tertiary alicyclic amines) is 1.